The Labute approximate surface area is 542 Å². The lowest BCUT2D eigenvalue weighted by Gasteiger charge is -2.17. The molecular formula is C86H51N7S. The second-order valence-corrected chi connectivity index (χ2v) is 25.5. The second kappa shape index (κ2) is 20.6. The minimum Gasteiger partial charge on any atom is -0.309 e. The third-order valence-electron chi connectivity index (χ3n) is 19.2. The van der Waals surface area contributed by atoms with Gasteiger partial charge in [0.2, 0.25) is 5.95 Å². The number of thiophene rings is 1. The quantitative estimate of drug-likeness (QED) is 0.142. The summed E-state index contributed by atoms with van der Waals surface area (Å²) in [4.78, 5) is 22.5. The monoisotopic (exact) mass is 1210 g/mol. The molecule has 0 unspecified atom stereocenters. The SMILES string of the molecule is c1ccc(-c2cc(-c3ccccc3)nc(-c3cc(-n4c5ccccc5c5ccccc54)cc(-n4c5ccccc5c5cc(-c6cc7c(-c8ccccc8)nc(-n8c9ccccc9c9c%10ccccc%10c%10c%11ccccc%11sc%10c98)nc7c7ccccc67)ccc54)c3)n2)cc1. The number of para-hydroxylation sites is 4. The molecular weight excluding hydrogens is 1160 g/mol. The van der Waals surface area contributed by atoms with E-state index in [9.17, 15) is 0 Å². The lowest BCUT2D eigenvalue weighted by molar-refractivity contribution is 1.02. The Morgan fingerprint density at radius 1 is 0.266 bits per heavy atom. The first kappa shape index (κ1) is 52.4. The van der Waals surface area contributed by atoms with Crippen LogP contribution >= 0.6 is 11.3 Å². The van der Waals surface area contributed by atoms with E-state index in [0.717, 1.165) is 127 Å². The van der Waals surface area contributed by atoms with Gasteiger partial charge in [0.15, 0.2) is 5.82 Å². The predicted octanol–water partition coefficient (Wildman–Crippen LogP) is 22.7. The first-order chi connectivity index (χ1) is 46.6. The highest BCUT2D eigenvalue weighted by molar-refractivity contribution is 7.27. The zero-order chi connectivity index (χ0) is 61.5. The zero-order valence-electron chi connectivity index (χ0n) is 50.5. The minimum atomic E-state index is 0.635. The number of aromatic nitrogens is 7. The number of hydrogen-bond acceptors (Lipinski definition) is 5. The normalized spacial score (nSPS) is 12.0. The first-order valence-electron chi connectivity index (χ1n) is 31.9. The molecule has 0 saturated carbocycles. The van der Waals surface area contributed by atoms with Crippen molar-refractivity contribution in [3.63, 3.8) is 0 Å². The summed E-state index contributed by atoms with van der Waals surface area (Å²) >= 11 is 1.85. The van der Waals surface area contributed by atoms with Crippen LogP contribution in [-0.2, 0) is 0 Å². The van der Waals surface area contributed by atoms with Gasteiger partial charge in [0.25, 0.3) is 0 Å². The molecule has 20 aromatic rings. The fourth-order valence-electron chi connectivity index (χ4n) is 15.1. The van der Waals surface area contributed by atoms with Crippen LogP contribution in [0.15, 0.2) is 309 Å². The summed E-state index contributed by atoms with van der Waals surface area (Å²) in [6, 6.07) is 111. The zero-order valence-corrected chi connectivity index (χ0v) is 51.3. The summed E-state index contributed by atoms with van der Waals surface area (Å²) in [5, 5.41) is 15.2. The molecule has 436 valence electrons. The summed E-state index contributed by atoms with van der Waals surface area (Å²) in [5.41, 5.74) is 18.2. The van der Waals surface area contributed by atoms with Crippen molar-refractivity contribution in [2.24, 2.45) is 0 Å². The van der Waals surface area contributed by atoms with Crippen LogP contribution in [0, 0.1) is 0 Å². The molecule has 14 aromatic carbocycles. The third kappa shape index (κ3) is 7.90. The van der Waals surface area contributed by atoms with Crippen molar-refractivity contribution in [3.8, 4) is 73.6 Å². The molecule has 0 amide bonds. The Morgan fingerprint density at radius 2 is 0.734 bits per heavy atom. The van der Waals surface area contributed by atoms with Gasteiger partial charge in [0, 0.05) is 92.2 Å². The Hall–Kier alpha value is -12.4. The highest BCUT2D eigenvalue weighted by Gasteiger charge is 2.26. The molecule has 0 fully saturated rings. The van der Waals surface area contributed by atoms with Gasteiger partial charge in [-0.1, -0.05) is 237 Å². The van der Waals surface area contributed by atoms with E-state index in [1.807, 2.05) is 23.5 Å². The van der Waals surface area contributed by atoms with Crippen molar-refractivity contribution in [2.75, 3.05) is 0 Å². The van der Waals surface area contributed by atoms with Crippen LogP contribution in [-0.4, -0.2) is 33.6 Å². The number of fused-ring (bicyclic) bond motifs is 19. The summed E-state index contributed by atoms with van der Waals surface area (Å²) in [7, 11) is 0. The van der Waals surface area contributed by atoms with Gasteiger partial charge in [-0.25, -0.2) is 19.9 Å². The average Bonchev–Trinajstić information content (AvgIpc) is 1.52. The molecule has 0 spiro atoms. The highest BCUT2D eigenvalue weighted by atomic mass is 32.1. The van der Waals surface area contributed by atoms with E-state index in [1.54, 1.807) is 0 Å². The Bertz CT molecular complexity index is 6430. The molecule has 0 aliphatic carbocycles. The molecule has 94 heavy (non-hydrogen) atoms. The first-order valence-corrected chi connectivity index (χ1v) is 32.7. The Morgan fingerprint density at radius 3 is 1.34 bits per heavy atom. The van der Waals surface area contributed by atoms with Gasteiger partial charge in [-0.3, -0.25) is 4.57 Å². The molecule has 0 atom stereocenters. The van der Waals surface area contributed by atoms with Crippen LogP contribution in [0.25, 0.3) is 192 Å². The third-order valence-corrected chi connectivity index (χ3v) is 20.4. The Balaban J connectivity index is 0.821. The van der Waals surface area contributed by atoms with Crippen molar-refractivity contribution in [1.82, 2.24) is 33.6 Å². The van der Waals surface area contributed by atoms with Gasteiger partial charge in [-0.05, 0) is 100 Å². The molecule has 0 radical (unpaired) electrons. The maximum Gasteiger partial charge on any atom is 0.235 e. The van der Waals surface area contributed by atoms with Crippen LogP contribution in [0.1, 0.15) is 0 Å². The lowest BCUT2D eigenvalue weighted by atomic mass is 9.93. The van der Waals surface area contributed by atoms with E-state index < -0.39 is 0 Å². The molecule has 0 aliphatic rings. The second-order valence-electron chi connectivity index (χ2n) is 24.4. The van der Waals surface area contributed by atoms with Gasteiger partial charge in [0.1, 0.15) is 0 Å². The van der Waals surface area contributed by atoms with Gasteiger partial charge in [0.05, 0.1) is 60.4 Å². The van der Waals surface area contributed by atoms with Crippen LogP contribution in [0.5, 0.6) is 0 Å². The van der Waals surface area contributed by atoms with Gasteiger partial charge in [-0.15, -0.1) is 11.3 Å². The maximum atomic E-state index is 5.81. The topological polar surface area (TPSA) is 66.3 Å². The molecule has 6 heterocycles. The summed E-state index contributed by atoms with van der Waals surface area (Å²) < 4.78 is 9.67. The van der Waals surface area contributed by atoms with Crippen molar-refractivity contribution < 1.29 is 0 Å². The van der Waals surface area contributed by atoms with Gasteiger partial charge < -0.3 is 9.13 Å². The van der Waals surface area contributed by atoms with Crippen LogP contribution in [0.4, 0.5) is 0 Å². The van der Waals surface area contributed by atoms with E-state index in [1.165, 1.54) is 52.5 Å². The minimum absolute atomic E-state index is 0.635. The standard InChI is InChI=1S/C86H51N7S/c1-4-24-52(25-5-1)71-51-72(53-26-6-2-7-27-53)88-85(87-71)56-46-57(91-73-39-19-14-31-60(73)61-32-15-20-40-74(61)91)49-58(47-56)92-75-41-21-16-33-62(75)69-48-55(44-45-77(69)92)68-50-70-81(54-28-8-3-9-29-54)89-86(90-82(70)65-36-13-10-30-59(65)68)93-76-42-22-17-37-66(76)79-63-34-11-12-35-64(63)80-67-38-18-23-43-78(67)94-84(80)83(79)93/h1-51H. The number of nitrogens with zero attached hydrogens (tertiary/aromatic N) is 7. The lowest BCUT2D eigenvalue weighted by Crippen LogP contribution is -2.04. The highest BCUT2D eigenvalue weighted by Crippen LogP contribution is 2.49. The van der Waals surface area contributed by atoms with E-state index in [0.29, 0.717) is 11.8 Å². The maximum absolute atomic E-state index is 5.81. The van der Waals surface area contributed by atoms with Crippen LogP contribution < -0.4 is 0 Å². The molecule has 0 saturated heterocycles. The van der Waals surface area contributed by atoms with Crippen LogP contribution in [0.2, 0.25) is 0 Å². The molecule has 0 aliphatic heterocycles. The fraction of sp³-hybridized carbons (Fsp3) is 0. The van der Waals surface area contributed by atoms with Gasteiger partial charge in [-0.2, -0.15) is 0 Å². The molecule has 0 N–H and O–H groups in total. The van der Waals surface area contributed by atoms with E-state index in [4.69, 9.17) is 19.9 Å². The molecule has 7 nitrogen and oxygen atoms in total. The molecule has 0 bridgehead atoms. The van der Waals surface area contributed by atoms with Crippen molar-refractivity contribution in [2.45, 2.75) is 0 Å². The van der Waals surface area contributed by atoms with E-state index >= 15 is 0 Å². The fourth-order valence-corrected chi connectivity index (χ4v) is 16.4. The summed E-state index contributed by atoms with van der Waals surface area (Å²) in [6.45, 7) is 0. The van der Waals surface area contributed by atoms with Crippen molar-refractivity contribution in [3.05, 3.63) is 309 Å². The largest absolute Gasteiger partial charge is 0.309 e. The summed E-state index contributed by atoms with van der Waals surface area (Å²) in [5.74, 6) is 1.27. The smallest absolute Gasteiger partial charge is 0.235 e. The molecule has 6 aromatic heterocycles. The Kier molecular flexibility index (Phi) is 11.5. The number of benzene rings is 14. The summed E-state index contributed by atoms with van der Waals surface area (Å²) in [6.07, 6.45) is 0. The van der Waals surface area contributed by atoms with Crippen molar-refractivity contribution >= 4 is 129 Å². The average molecular weight is 1210 g/mol. The van der Waals surface area contributed by atoms with E-state index in [-0.39, 0.29) is 0 Å². The molecule has 20 rings (SSSR count). The van der Waals surface area contributed by atoms with Gasteiger partial charge >= 0.3 is 0 Å². The van der Waals surface area contributed by atoms with Crippen LogP contribution in [0.3, 0.4) is 0 Å². The predicted molar refractivity (Wildman–Crippen MR) is 393 cm³/mol. The number of hydrogen-bond donors (Lipinski definition) is 0. The molecule has 8 heteroatoms. The van der Waals surface area contributed by atoms with Crippen molar-refractivity contribution in [1.29, 1.82) is 0 Å². The van der Waals surface area contributed by atoms with E-state index in [2.05, 4.69) is 311 Å². The number of rotatable bonds is 8.